The fourth-order valence-corrected chi connectivity index (χ4v) is 3.11. The Balaban J connectivity index is 2.33. The summed E-state index contributed by atoms with van der Waals surface area (Å²) < 4.78 is 28.0. The third kappa shape index (κ3) is 3.07. The number of benzene rings is 1. The molecule has 7 heteroatoms. The number of halogens is 1. The van der Waals surface area contributed by atoms with Crippen molar-refractivity contribution in [1.29, 1.82) is 0 Å². The zero-order valence-electron chi connectivity index (χ0n) is 11.3. The molecule has 1 aliphatic rings. The Labute approximate surface area is 122 Å². The predicted octanol–water partition coefficient (Wildman–Crippen LogP) is 2.67. The number of methoxy groups -OCH3 is 1. The molecule has 1 N–H and O–H groups in total. The standard InChI is InChI=1S/C13H16ClNO4S/c1-8-6-12(20(14,17)18)11(19-2)7-10(8)15-13(16)9-4-3-5-9/h6-7,9H,3-5H2,1-2H3,(H,15,16). The van der Waals surface area contributed by atoms with Crippen molar-refractivity contribution in [3.63, 3.8) is 0 Å². The molecule has 1 aromatic rings. The molecule has 1 fully saturated rings. The van der Waals surface area contributed by atoms with Gasteiger partial charge in [-0.15, -0.1) is 0 Å². The van der Waals surface area contributed by atoms with E-state index in [1.807, 2.05) is 0 Å². The molecule has 5 nitrogen and oxygen atoms in total. The number of anilines is 1. The molecule has 0 atom stereocenters. The van der Waals surface area contributed by atoms with Gasteiger partial charge in [0.15, 0.2) is 0 Å². The quantitative estimate of drug-likeness (QED) is 0.867. The predicted molar refractivity (Wildman–Crippen MR) is 76.7 cm³/mol. The lowest BCUT2D eigenvalue weighted by Gasteiger charge is -2.24. The van der Waals surface area contributed by atoms with Crippen LogP contribution in [0.5, 0.6) is 5.75 Å². The van der Waals surface area contributed by atoms with Crippen molar-refractivity contribution in [2.24, 2.45) is 5.92 Å². The average Bonchev–Trinajstić information content (AvgIpc) is 2.27. The Morgan fingerprint density at radius 2 is 2.05 bits per heavy atom. The molecule has 0 saturated heterocycles. The van der Waals surface area contributed by atoms with Crippen LogP contribution in [0.3, 0.4) is 0 Å². The van der Waals surface area contributed by atoms with Crippen LogP contribution in [0.15, 0.2) is 17.0 Å². The summed E-state index contributed by atoms with van der Waals surface area (Å²) in [6.07, 6.45) is 2.87. The van der Waals surface area contributed by atoms with Gasteiger partial charge >= 0.3 is 0 Å². The number of ether oxygens (including phenoxy) is 1. The molecule has 110 valence electrons. The van der Waals surface area contributed by atoms with Crippen LogP contribution in [-0.4, -0.2) is 21.4 Å². The number of carbonyl (C=O) groups excluding carboxylic acids is 1. The first kappa shape index (κ1) is 15.1. The highest BCUT2D eigenvalue weighted by Crippen LogP contribution is 2.34. The topological polar surface area (TPSA) is 72.5 Å². The van der Waals surface area contributed by atoms with Gasteiger partial charge in [0.1, 0.15) is 10.6 Å². The number of hydrogen-bond donors (Lipinski definition) is 1. The summed E-state index contributed by atoms with van der Waals surface area (Å²) in [5, 5.41) is 2.81. The van der Waals surface area contributed by atoms with Gasteiger partial charge in [0.25, 0.3) is 9.05 Å². The highest BCUT2D eigenvalue weighted by atomic mass is 35.7. The van der Waals surface area contributed by atoms with Crippen LogP contribution in [0.25, 0.3) is 0 Å². The van der Waals surface area contributed by atoms with E-state index in [9.17, 15) is 13.2 Å². The van der Waals surface area contributed by atoms with Gasteiger partial charge in [-0.2, -0.15) is 0 Å². The largest absolute Gasteiger partial charge is 0.495 e. The number of rotatable bonds is 4. The molecule has 1 aromatic carbocycles. The summed E-state index contributed by atoms with van der Waals surface area (Å²) in [6.45, 7) is 1.71. The van der Waals surface area contributed by atoms with Crippen molar-refractivity contribution in [2.45, 2.75) is 31.1 Å². The molecule has 0 unspecified atom stereocenters. The van der Waals surface area contributed by atoms with Crippen LogP contribution in [0.4, 0.5) is 5.69 Å². The molecule has 0 aromatic heterocycles. The van der Waals surface area contributed by atoms with E-state index in [4.69, 9.17) is 15.4 Å². The Morgan fingerprint density at radius 1 is 1.40 bits per heavy atom. The van der Waals surface area contributed by atoms with Crippen molar-refractivity contribution in [3.8, 4) is 5.75 Å². The lowest BCUT2D eigenvalue weighted by Crippen LogP contribution is -2.28. The maximum absolute atomic E-state index is 11.9. The fourth-order valence-electron chi connectivity index (χ4n) is 2.05. The van der Waals surface area contributed by atoms with Crippen LogP contribution in [0, 0.1) is 12.8 Å². The zero-order valence-corrected chi connectivity index (χ0v) is 12.8. The fraction of sp³-hybridized carbons (Fsp3) is 0.462. The van der Waals surface area contributed by atoms with Gasteiger partial charge in [-0.3, -0.25) is 4.79 Å². The van der Waals surface area contributed by atoms with Gasteiger partial charge in [0, 0.05) is 28.4 Å². The van der Waals surface area contributed by atoms with E-state index in [1.54, 1.807) is 6.92 Å². The van der Waals surface area contributed by atoms with Gasteiger partial charge in [-0.05, 0) is 31.4 Å². The normalized spacial score (nSPS) is 15.6. The second-order valence-corrected chi connectivity index (χ2v) is 7.41. The summed E-state index contributed by atoms with van der Waals surface area (Å²) in [6, 6.07) is 2.89. The van der Waals surface area contributed by atoms with Crippen molar-refractivity contribution in [3.05, 3.63) is 17.7 Å². The van der Waals surface area contributed by atoms with E-state index in [-0.39, 0.29) is 22.5 Å². The first-order chi connectivity index (χ1) is 9.32. The Morgan fingerprint density at radius 3 is 2.50 bits per heavy atom. The summed E-state index contributed by atoms with van der Waals surface area (Å²) in [4.78, 5) is 11.8. The van der Waals surface area contributed by atoms with E-state index in [0.717, 1.165) is 19.3 Å². The first-order valence-electron chi connectivity index (χ1n) is 6.27. The molecule has 1 aliphatic carbocycles. The van der Waals surface area contributed by atoms with E-state index in [1.165, 1.54) is 19.2 Å². The Kier molecular flexibility index (Phi) is 4.25. The van der Waals surface area contributed by atoms with Crippen molar-refractivity contribution < 1.29 is 17.9 Å². The maximum Gasteiger partial charge on any atom is 0.264 e. The lowest BCUT2D eigenvalue weighted by molar-refractivity contribution is -0.122. The Hall–Kier alpha value is -1.27. The SMILES string of the molecule is COc1cc(NC(=O)C2CCC2)c(C)cc1S(=O)(=O)Cl. The van der Waals surface area contributed by atoms with E-state index in [2.05, 4.69) is 5.32 Å². The van der Waals surface area contributed by atoms with Gasteiger partial charge in [-0.1, -0.05) is 6.42 Å². The van der Waals surface area contributed by atoms with Crippen molar-refractivity contribution in [2.75, 3.05) is 12.4 Å². The highest BCUT2D eigenvalue weighted by molar-refractivity contribution is 8.13. The second kappa shape index (κ2) is 5.61. The number of hydrogen-bond acceptors (Lipinski definition) is 4. The number of nitrogens with one attached hydrogen (secondary N) is 1. The van der Waals surface area contributed by atoms with Crippen LogP contribution >= 0.6 is 10.7 Å². The highest BCUT2D eigenvalue weighted by Gasteiger charge is 2.26. The van der Waals surface area contributed by atoms with E-state index in [0.29, 0.717) is 11.3 Å². The third-order valence-electron chi connectivity index (χ3n) is 3.51. The molecular weight excluding hydrogens is 302 g/mol. The first-order valence-corrected chi connectivity index (χ1v) is 8.58. The lowest BCUT2D eigenvalue weighted by atomic mass is 9.85. The van der Waals surface area contributed by atoms with Crippen LogP contribution in [0.1, 0.15) is 24.8 Å². The number of aryl methyl sites for hydroxylation is 1. The molecule has 0 bridgehead atoms. The molecule has 0 heterocycles. The molecule has 20 heavy (non-hydrogen) atoms. The average molecular weight is 318 g/mol. The van der Waals surface area contributed by atoms with Gasteiger partial charge in [0.2, 0.25) is 5.91 Å². The van der Waals surface area contributed by atoms with E-state index < -0.39 is 9.05 Å². The zero-order chi connectivity index (χ0) is 14.9. The van der Waals surface area contributed by atoms with E-state index >= 15 is 0 Å². The van der Waals surface area contributed by atoms with Crippen LogP contribution in [0.2, 0.25) is 0 Å². The molecule has 1 amide bonds. The second-order valence-electron chi connectivity index (χ2n) is 4.87. The van der Waals surface area contributed by atoms with Crippen LogP contribution in [-0.2, 0) is 13.8 Å². The summed E-state index contributed by atoms with van der Waals surface area (Å²) >= 11 is 0. The van der Waals surface area contributed by atoms with Crippen molar-refractivity contribution in [1.82, 2.24) is 0 Å². The molecule has 0 radical (unpaired) electrons. The molecule has 2 rings (SSSR count). The monoisotopic (exact) mass is 317 g/mol. The molecular formula is C13H16ClNO4S. The third-order valence-corrected chi connectivity index (χ3v) is 4.85. The minimum absolute atomic E-state index is 0.0390. The molecule has 1 saturated carbocycles. The summed E-state index contributed by atoms with van der Waals surface area (Å²) in [5.74, 6) is 0.134. The van der Waals surface area contributed by atoms with Crippen LogP contribution < -0.4 is 10.1 Å². The number of amides is 1. The summed E-state index contributed by atoms with van der Waals surface area (Å²) in [5.41, 5.74) is 1.17. The number of carbonyl (C=O) groups is 1. The Bertz CT molecular complexity index is 638. The summed E-state index contributed by atoms with van der Waals surface area (Å²) in [7, 11) is 2.83. The smallest absolute Gasteiger partial charge is 0.264 e. The molecule has 0 aliphatic heterocycles. The maximum atomic E-state index is 11.9. The van der Waals surface area contributed by atoms with Gasteiger partial charge in [-0.25, -0.2) is 8.42 Å². The van der Waals surface area contributed by atoms with Gasteiger partial charge in [0.05, 0.1) is 7.11 Å². The minimum Gasteiger partial charge on any atom is -0.495 e. The molecule has 0 spiro atoms. The van der Waals surface area contributed by atoms with Crippen molar-refractivity contribution >= 4 is 31.3 Å². The minimum atomic E-state index is -3.89. The van der Waals surface area contributed by atoms with Gasteiger partial charge < -0.3 is 10.1 Å².